The third-order valence-electron chi connectivity index (χ3n) is 3.82. The van der Waals surface area contributed by atoms with Crippen molar-refractivity contribution < 1.29 is 18.7 Å². The van der Waals surface area contributed by atoms with Crippen LogP contribution in [0.15, 0.2) is 53.2 Å². The van der Waals surface area contributed by atoms with Crippen LogP contribution in [-0.2, 0) is 16.9 Å². The minimum Gasteiger partial charge on any atom is -0.462 e. The molecule has 0 aliphatic carbocycles. The lowest BCUT2D eigenvalue weighted by Gasteiger charge is -2.23. The predicted octanol–water partition coefficient (Wildman–Crippen LogP) is 6.74. The molecule has 0 aliphatic rings. The van der Waals surface area contributed by atoms with Crippen LogP contribution in [0.25, 0.3) is 0 Å². The Balaban J connectivity index is 2.17. The van der Waals surface area contributed by atoms with E-state index in [9.17, 15) is 4.79 Å². The molecule has 7 heteroatoms. The summed E-state index contributed by atoms with van der Waals surface area (Å²) in [5.41, 5.74) is -0.660. The number of ether oxygens (including phenoxy) is 2. The van der Waals surface area contributed by atoms with Crippen LogP contribution in [0.5, 0.6) is 11.5 Å². The maximum Gasteiger partial charge on any atom is 0.308 e. The Kier molecular flexibility index (Phi) is 7.54. The van der Waals surface area contributed by atoms with E-state index in [2.05, 4.69) is 0 Å². The summed E-state index contributed by atoms with van der Waals surface area (Å²) in [5.74, 6) is 0.177. The summed E-state index contributed by atoms with van der Waals surface area (Å²) in [5, 5.41) is 0.366. The highest BCUT2D eigenvalue weighted by molar-refractivity contribution is 6.55. The molecule has 0 spiro atoms. The zero-order valence-electron chi connectivity index (χ0n) is 14.8. The molecule has 3 nitrogen and oxygen atoms in total. The Morgan fingerprint density at radius 3 is 2.63 bits per heavy atom. The molecule has 0 bridgehead atoms. The van der Waals surface area contributed by atoms with Crippen LogP contribution in [0.4, 0.5) is 4.39 Å². The summed E-state index contributed by atoms with van der Waals surface area (Å²) in [6.07, 6.45) is 1.78. The molecule has 0 aliphatic heterocycles. The first-order valence-corrected chi connectivity index (χ1v) is 9.25. The molecule has 2 aromatic carbocycles. The van der Waals surface area contributed by atoms with Gasteiger partial charge >= 0.3 is 5.97 Å². The van der Waals surface area contributed by atoms with E-state index in [1.165, 1.54) is 32.2 Å². The lowest BCUT2D eigenvalue weighted by molar-refractivity contribution is -0.132. The third kappa shape index (κ3) is 6.73. The van der Waals surface area contributed by atoms with Crippen molar-refractivity contribution in [3.05, 3.63) is 69.4 Å². The van der Waals surface area contributed by atoms with E-state index in [1.807, 2.05) is 6.07 Å². The zero-order valence-corrected chi connectivity index (χ0v) is 17.0. The van der Waals surface area contributed by atoms with E-state index in [-0.39, 0.29) is 22.2 Å². The molecule has 2 rings (SSSR count). The smallest absolute Gasteiger partial charge is 0.308 e. The first-order valence-electron chi connectivity index (χ1n) is 8.11. The lowest BCUT2D eigenvalue weighted by Crippen LogP contribution is -2.19. The monoisotopic (exact) mass is 430 g/mol. The van der Waals surface area contributed by atoms with Crippen molar-refractivity contribution in [3.63, 3.8) is 0 Å². The van der Waals surface area contributed by atoms with E-state index < -0.39 is 11.6 Å². The largest absolute Gasteiger partial charge is 0.462 e. The van der Waals surface area contributed by atoms with Crippen LogP contribution in [0.3, 0.4) is 0 Å². The zero-order chi connectivity index (χ0) is 20.0. The van der Waals surface area contributed by atoms with Crippen molar-refractivity contribution in [2.45, 2.75) is 32.4 Å². The Bertz CT molecular complexity index is 846. The molecule has 0 saturated carbocycles. The molecule has 0 radical (unpaired) electrons. The van der Waals surface area contributed by atoms with Gasteiger partial charge in [-0.3, -0.25) is 4.79 Å². The van der Waals surface area contributed by atoms with E-state index in [0.717, 1.165) is 5.56 Å². The molecule has 0 amide bonds. The van der Waals surface area contributed by atoms with Gasteiger partial charge in [0.25, 0.3) is 0 Å². The van der Waals surface area contributed by atoms with Gasteiger partial charge in [-0.15, -0.1) is 0 Å². The van der Waals surface area contributed by atoms with Gasteiger partial charge in [0.05, 0.1) is 0 Å². The molecule has 0 heterocycles. The second-order valence-corrected chi connectivity index (χ2v) is 7.55. The maximum atomic E-state index is 15.4. The Morgan fingerprint density at radius 2 is 1.96 bits per heavy atom. The van der Waals surface area contributed by atoms with Gasteiger partial charge in [0.1, 0.15) is 27.9 Å². The summed E-state index contributed by atoms with van der Waals surface area (Å²) < 4.78 is 25.9. The van der Waals surface area contributed by atoms with Crippen LogP contribution >= 0.6 is 34.8 Å². The van der Waals surface area contributed by atoms with Gasteiger partial charge in [-0.25, -0.2) is 4.39 Å². The number of rotatable bonds is 7. The predicted molar refractivity (Wildman–Crippen MR) is 106 cm³/mol. The van der Waals surface area contributed by atoms with Gasteiger partial charge in [-0.2, -0.15) is 0 Å². The highest BCUT2D eigenvalue weighted by Gasteiger charge is 2.30. The van der Waals surface area contributed by atoms with Crippen LogP contribution < -0.4 is 9.47 Å². The summed E-state index contributed by atoms with van der Waals surface area (Å²) in [7, 11) is 0. The van der Waals surface area contributed by atoms with Crippen molar-refractivity contribution in [2.75, 3.05) is 0 Å². The number of carbonyl (C=O) groups is 1. The number of hydrogen-bond donors (Lipinski definition) is 0. The number of aryl methyl sites for hydroxylation is 1. The minimum atomic E-state index is -1.76. The molecule has 0 fully saturated rings. The normalized spacial score (nSPS) is 12.8. The molecule has 0 aromatic heterocycles. The average molecular weight is 432 g/mol. The van der Waals surface area contributed by atoms with Gasteiger partial charge in [0, 0.05) is 17.5 Å². The van der Waals surface area contributed by atoms with Crippen molar-refractivity contribution in [1.29, 1.82) is 0 Å². The standard InChI is InChI=1S/C20H18Cl3FO3/c1-13(25)27-18-7-6-15(21)11-17(18)20(2,24)9-8-14-4-3-5-16(10-14)26-12-19(22)23/h3-7,10-12H,8-9H2,1-2H3. The average Bonchev–Trinajstić information content (AvgIpc) is 2.60. The number of benzene rings is 2. The molecule has 144 valence electrons. The molecule has 27 heavy (non-hydrogen) atoms. The fraction of sp³-hybridized carbons (Fsp3) is 0.250. The van der Waals surface area contributed by atoms with Crippen molar-refractivity contribution in [3.8, 4) is 11.5 Å². The van der Waals surface area contributed by atoms with E-state index in [1.54, 1.807) is 24.3 Å². The number of carbonyl (C=O) groups excluding carboxylic acids is 1. The highest BCUT2D eigenvalue weighted by atomic mass is 35.5. The molecular formula is C20H18Cl3FO3. The van der Waals surface area contributed by atoms with Gasteiger partial charge in [0.15, 0.2) is 0 Å². The summed E-state index contributed by atoms with van der Waals surface area (Å²) in [6, 6.07) is 11.7. The van der Waals surface area contributed by atoms with Gasteiger partial charge in [-0.1, -0.05) is 46.9 Å². The molecule has 0 saturated heterocycles. The van der Waals surface area contributed by atoms with Crippen molar-refractivity contribution >= 4 is 40.8 Å². The Labute approximate surface area is 172 Å². The van der Waals surface area contributed by atoms with Gasteiger partial charge < -0.3 is 9.47 Å². The topological polar surface area (TPSA) is 35.5 Å². The minimum absolute atomic E-state index is 0.00399. The number of hydrogen-bond acceptors (Lipinski definition) is 3. The second-order valence-electron chi connectivity index (χ2n) is 6.10. The van der Waals surface area contributed by atoms with Gasteiger partial charge in [-0.05, 0) is 55.7 Å². The van der Waals surface area contributed by atoms with Gasteiger partial charge in [0.2, 0.25) is 0 Å². The second kappa shape index (κ2) is 9.45. The number of esters is 1. The molecule has 0 N–H and O–H groups in total. The Morgan fingerprint density at radius 1 is 1.22 bits per heavy atom. The van der Waals surface area contributed by atoms with Crippen LogP contribution in [0.1, 0.15) is 31.4 Å². The molecule has 1 atom stereocenters. The van der Waals surface area contributed by atoms with E-state index >= 15 is 4.39 Å². The summed E-state index contributed by atoms with van der Waals surface area (Å²) in [4.78, 5) is 11.3. The fourth-order valence-corrected chi connectivity index (χ4v) is 2.82. The molecule has 1 unspecified atom stereocenters. The number of alkyl halides is 1. The fourth-order valence-electron chi connectivity index (χ4n) is 2.55. The van der Waals surface area contributed by atoms with Crippen LogP contribution in [0, 0.1) is 0 Å². The molecular weight excluding hydrogens is 414 g/mol. The SMILES string of the molecule is CC(=O)Oc1ccc(Cl)cc1C(C)(F)CCc1cccc(OC=C(Cl)Cl)c1. The quantitative estimate of drug-likeness (QED) is 0.277. The van der Waals surface area contributed by atoms with Crippen molar-refractivity contribution in [2.24, 2.45) is 0 Å². The summed E-state index contributed by atoms with van der Waals surface area (Å²) >= 11 is 17.1. The highest BCUT2D eigenvalue weighted by Crippen LogP contribution is 2.38. The third-order valence-corrected chi connectivity index (χ3v) is 4.24. The first kappa shape index (κ1) is 21.5. The van der Waals surface area contributed by atoms with Crippen molar-refractivity contribution in [1.82, 2.24) is 0 Å². The number of halogens is 4. The Hall–Kier alpha value is -1.75. The van der Waals surface area contributed by atoms with Crippen LogP contribution in [-0.4, -0.2) is 5.97 Å². The summed E-state index contributed by atoms with van der Waals surface area (Å²) in [6.45, 7) is 2.70. The maximum absolute atomic E-state index is 15.4. The lowest BCUT2D eigenvalue weighted by atomic mass is 9.90. The van der Waals surface area contributed by atoms with E-state index in [4.69, 9.17) is 44.3 Å². The first-order chi connectivity index (χ1) is 12.7. The van der Waals surface area contributed by atoms with E-state index in [0.29, 0.717) is 17.2 Å². The van der Waals surface area contributed by atoms with Crippen LogP contribution in [0.2, 0.25) is 5.02 Å². The molecule has 2 aromatic rings.